The van der Waals surface area contributed by atoms with Gasteiger partial charge in [-0.25, -0.2) is 4.79 Å². The first-order valence-electron chi connectivity index (χ1n) is 10.7. The van der Waals surface area contributed by atoms with Crippen molar-refractivity contribution >= 4 is 11.9 Å². The number of fused-ring (bicyclic) bond motifs is 1. The highest BCUT2D eigenvalue weighted by Crippen LogP contribution is 2.61. The summed E-state index contributed by atoms with van der Waals surface area (Å²) in [5.41, 5.74) is 2.01. The number of esters is 1. The molecule has 1 unspecified atom stereocenters. The summed E-state index contributed by atoms with van der Waals surface area (Å²) in [6.07, 6.45) is 11.0. The smallest absolute Gasteiger partial charge is 0.346 e. The van der Waals surface area contributed by atoms with Crippen LogP contribution in [0.5, 0.6) is 0 Å². The van der Waals surface area contributed by atoms with Gasteiger partial charge in [0.05, 0.1) is 11.1 Å². The maximum absolute atomic E-state index is 13.1. The van der Waals surface area contributed by atoms with Crippen molar-refractivity contribution < 1.29 is 19.1 Å². The van der Waals surface area contributed by atoms with Crippen LogP contribution in [-0.4, -0.2) is 37.0 Å². The van der Waals surface area contributed by atoms with Gasteiger partial charge in [0.1, 0.15) is 5.76 Å². The molecule has 5 nitrogen and oxygen atoms in total. The van der Waals surface area contributed by atoms with Crippen molar-refractivity contribution in [2.75, 3.05) is 20.3 Å². The van der Waals surface area contributed by atoms with Gasteiger partial charge < -0.3 is 14.4 Å². The molecule has 3 fully saturated rings. The molecule has 3 heterocycles. The number of amides is 1. The summed E-state index contributed by atoms with van der Waals surface area (Å²) in [4.78, 5) is 27.7. The van der Waals surface area contributed by atoms with Gasteiger partial charge in [-0.2, -0.15) is 0 Å². The van der Waals surface area contributed by atoms with E-state index in [1.807, 2.05) is 7.05 Å². The number of ether oxygens (including phenoxy) is 2. The van der Waals surface area contributed by atoms with E-state index in [1.165, 1.54) is 25.7 Å². The third-order valence-corrected chi connectivity index (χ3v) is 7.27. The molecule has 0 bridgehead atoms. The van der Waals surface area contributed by atoms with Crippen molar-refractivity contribution in [1.29, 1.82) is 0 Å². The second kappa shape index (κ2) is 6.47. The van der Waals surface area contributed by atoms with Gasteiger partial charge in [-0.3, -0.25) is 4.79 Å². The van der Waals surface area contributed by atoms with Crippen molar-refractivity contribution in [1.82, 2.24) is 4.90 Å². The molecule has 0 radical (unpaired) electrons. The molecule has 5 rings (SSSR count). The second-order valence-corrected chi connectivity index (χ2v) is 9.12. The van der Waals surface area contributed by atoms with Crippen LogP contribution in [0, 0.1) is 17.3 Å². The highest BCUT2D eigenvalue weighted by molar-refractivity contribution is 6.17. The molecule has 27 heavy (non-hydrogen) atoms. The van der Waals surface area contributed by atoms with E-state index < -0.39 is 0 Å². The molecule has 1 amide bonds. The fourth-order valence-electron chi connectivity index (χ4n) is 5.72. The Morgan fingerprint density at radius 1 is 1.04 bits per heavy atom. The standard InChI is InChI=1S/C22H29NO4/c1-23-18(15-7-3-2-4-8-15)16-17(20(23)24)19(27-21(16)25)22(9-10-22)12-14-6-5-11-26-13-14/h14-15H,2-13H2,1H3. The Labute approximate surface area is 160 Å². The Balaban J connectivity index is 1.50. The maximum Gasteiger partial charge on any atom is 0.346 e. The molecule has 0 aromatic carbocycles. The van der Waals surface area contributed by atoms with Gasteiger partial charge in [-0.05, 0) is 50.9 Å². The fraction of sp³-hybridized carbons (Fsp3) is 0.727. The van der Waals surface area contributed by atoms with Crippen LogP contribution in [0.2, 0.25) is 0 Å². The Kier molecular flexibility index (Phi) is 4.19. The lowest BCUT2D eigenvalue weighted by atomic mass is 9.84. The van der Waals surface area contributed by atoms with Crippen LogP contribution in [0.4, 0.5) is 0 Å². The first-order valence-corrected chi connectivity index (χ1v) is 10.7. The number of carbonyl (C=O) groups excluding carboxylic acids is 2. The van der Waals surface area contributed by atoms with Gasteiger partial charge in [0.2, 0.25) is 0 Å². The summed E-state index contributed by atoms with van der Waals surface area (Å²) >= 11 is 0. The topological polar surface area (TPSA) is 55.8 Å². The zero-order valence-electron chi connectivity index (χ0n) is 16.2. The van der Waals surface area contributed by atoms with Gasteiger partial charge in [-0.1, -0.05) is 19.3 Å². The van der Waals surface area contributed by atoms with E-state index in [0.717, 1.165) is 57.4 Å². The molecule has 146 valence electrons. The molecule has 0 spiro atoms. The molecule has 2 saturated carbocycles. The number of likely N-dealkylation sites (N-methyl/N-ethyl adjacent to an activating group) is 1. The van der Waals surface area contributed by atoms with Crippen molar-refractivity contribution in [3.05, 3.63) is 22.6 Å². The number of allylic oxidation sites excluding steroid dienone is 2. The minimum Gasteiger partial charge on any atom is -0.426 e. The molecule has 5 heteroatoms. The van der Waals surface area contributed by atoms with E-state index in [9.17, 15) is 9.59 Å². The zero-order chi connectivity index (χ0) is 18.6. The average Bonchev–Trinajstić information content (AvgIpc) is 3.32. The summed E-state index contributed by atoms with van der Waals surface area (Å²) in [6, 6.07) is 0. The third kappa shape index (κ3) is 2.77. The van der Waals surface area contributed by atoms with Crippen molar-refractivity contribution in [3.63, 3.8) is 0 Å². The number of nitrogens with zero attached hydrogens (tertiary/aromatic N) is 1. The van der Waals surface area contributed by atoms with E-state index in [-0.39, 0.29) is 17.3 Å². The lowest BCUT2D eigenvalue weighted by Crippen LogP contribution is -2.28. The predicted molar refractivity (Wildman–Crippen MR) is 99.3 cm³/mol. The summed E-state index contributed by atoms with van der Waals surface area (Å²) < 4.78 is 11.5. The molecule has 3 aliphatic heterocycles. The minimum atomic E-state index is -0.288. The van der Waals surface area contributed by atoms with Crippen LogP contribution in [0.25, 0.3) is 0 Å². The van der Waals surface area contributed by atoms with E-state index in [1.54, 1.807) is 4.90 Å². The Morgan fingerprint density at radius 2 is 1.81 bits per heavy atom. The normalized spacial score (nSPS) is 30.9. The van der Waals surface area contributed by atoms with E-state index in [0.29, 0.717) is 28.7 Å². The number of rotatable bonds is 4. The lowest BCUT2D eigenvalue weighted by Gasteiger charge is -2.28. The molecule has 0 N–H and O–H groups in total. The average molecular weight is 371 g/mol. The highest BCUT2D eigenvalue weighted by Gasteiger charge is 2.57. The van der Waals surface area contributed by atoms with Gasteiger partial charge in [0.15, 0.2) is 0 Å². The monoisotopic (exact) mass is 371 g/mol. The van der Waals surface area contributed by atoms with E-state index in [2.05, 4.69) is 0 Å². The van der Waals surface area contributed by atoms with Gasteiger partial charge in [-0.15, -0.1) is 0 Å². The van der Waals surface area contributed by atoms with Gasteiger partial charge >= 0.3 is 5.97 Å². The van der Waals surface area contributed by atoms with Crippen molar-refractivity contribution in [2.45, 2.75) is 64.2 Å². The fourth-order valence-corrected chi connectivity index (χ4v) is 5.72. The number of hydrogen-bond acceptors (Lipinski definition) is 4. The summed E-state index contributed by atoms with van der Waals surface area (Å²) in [5, 5.41) is 0. The molecule has 5 aliphatic rings. The van der Waals surface area contributed by atoms with Crippen LogP contribution in [0.3, 0.4) is 0 Å². The van der Waals surface area contributed by atoms with Crippen LogP contribution >= 0.6 is 0 Å². The SMILES string of the molecule is CN1C(=O)C2=C(C3(CC4CCCOC4)CC3)OC(=O)C2=C1C1CCCCC1. The van der Waals surface area contributed by atoms with E-state index in [4.69, 9.17) is 9.47 Å². The summed E-state index contributed by atoms with van der Waals surface area (Å²) in [5.74, 6) is 1.19. The molecule has 1 atom stereocenters. The number of cyclic esters (lactones) is 1. The van der Waals surface area contributed by atoms with Crippen LogP contribution in [0.15, 0.2) is 22.6 Å². The summed E-state index contributed by atoms with van der Waals surface area (Å²) in [7, 11) is 1.84. The Bertz CT molecular complexity index is 733. The minimum absolute atomic E-state index is 0.0300. The molecular formula is C22H29NO4. The Morgan fingerprint density at radius 3 is 2.48 bits per heavy atom. The lowest BCUT2D eigenvalue weighted by molar-refractivity contribution is -0.134. The zero-order valence-corrected chi connectivity index (χ0v) is 16.2. The molecule has 0 aromatic rings. The largest absolute Gasteiger partial charge is 0.426 e. The second-order valence-electron chi connectivity index (χ2n) is 9.12. The maximum atomic E-state index is 13.1. The van der Waals surface area contributed by atoms with Crippen LogP contribution in [-0.2, 0) is 19.1 Å². The summed E-state index contributed by atoms with van der Waals surface area (Å²) in [6.45, 7) is 1.65. The quantitative estimate of drug-likeness (QED) is 0.707. The van der Waals surface area contributed by atoms with Gasteiger partial charge in [0.25, 0.3) is 5.91 Å². The first kappa shape index (κ1) is 17.5. The Hall–Kier alpha value is -1.62. The molecule has 2 aliphatic carbocycles. The molecule has 1 saturated heterocycles. The van der Waals surface area contributed by atoms with E-state index >= 15 is 0 Å². The number of carbonyl (C=O) groups is 2. The van der Waals surface area contributed by atoms with Crippen molar-refractivity contribution in [3.8, 4) is 0 Å². The van der Waals surface area contributed by atoms with Gasteiger partial charge in [0, 0.05) is 37.3 Å². The van der Waals surface area contributed by atoms with Crippen LogP contribution < -0.4 is 0 Å². The first-order chi connectivity index (χ1) is 13.1. The number of hydrogen-bond donors (Lipinski definition) is 0. The molecule has 0 aromatic heterocycles. The van der Waals surface area contributed by atoms with Crippen LogP contribution in [0.1, 0.15) is 64.2 Å². The third-order valence-electron chi connectivity index (χ3n) is 7.27. The molecular weight excluding hydrogens is 342 g/mol. The van der Waals surface area contributed by atoms with Crippen molar-refractivity contribution in [2.24, 2.45) is 17.3 Å². The highest BCUT2D eigenvalue weighted by atomic mass is 16.5. The predicted octanol–water partition coefficient (Wildman–Crippen LogP) is 3.70.